The Kier molecular flexibility index (Phi) is 7.84. The lowest BCUT2D eigenvalue weighted by Crippen LogP contribution is -2.41. The van der Waals surface area contributed by atoms with Crippen LogP contribution in [0.4, 0.5) is 4.39 Å². The van der Waals surface area contributed by atoms with Crippen molar-refractivity contribution in [3.05, 3.63) is 58.0 Å². The van der Waals surface area contributed by atoms with Crippen molar-refractivity contribution in [2.45, 2.75) is 39.7 Å². The van der Waals surface area contributed by atoms with Crippen molar-refractivity contribution in [2.75, 3.05) is 32.7 Å². The lowest BCUT2D eigenvalue weighted by molar-refractivity contribution is -0.123. The molecule has 1 aliphatic rings. The standard InChI is InChI=1S/C24H32FN3O2S/c1-24(2,3)16-20(18-7-9-19(25)10-8-18)26-22(29)17-27-11-5-12-28(14-13-27)23(30)21-6-4-15-31-21/h4,6-10,15,20H,5,11-14,16-17H2,1-3H3,(H,26,29). The summed E-state index contributed by atoms with van der Waals surface area (Å²) in [7, 11) is 0. The Balaban J connectivity index is 1.57. The van der Waals surface area contributed by atoms with Crippen LogP contribution in [0.15, 0.2) is 41.8 Å². The van der Waals surface area contributed by atoms with Gasteiger partial charge in [0, 0.05) is 26.2 Å². The van der Waals surface area contributed by atoms with Crippen molar-refractivity contribution in [1.29, 1.82) is 0 Å². The molecular formula is C24H32FN3O2S. The minimum atomic E-state index is -0.282. The first-order valence-corrected chi connectivity index (χ1v) is 11.7. The number of amides is 2. The molecule has 2 aromatic rings. The molecule has 168 valence electrons. The lowest BCUT2D eigenvalue weighted by Gasteiger charge is -2.28. The van der Waals surface area contributed by atoms with Crippen LogP contribution in [0.1, 0.15) is 54.9 Å². The van der Waals surface area contributed by atoms with E-state index in [-0.39, 0.29) is 29.1 Å². The Labute approximate surface area is 188 Å². The van der Waals surface area contributed by atoms with Gasteiger partial charge in [0.2, 0.25) is 5.91 Å². The molecule has 1 aromatic heterocycles. The number of carbonyl (C=O) groups is 2. The molecule has 0 bridgehead atoms. The number of thiophene rings is 1. The van der Waals surface area contributed by atoms with Crippen LogP contribution in [0.25, 0.3) is 0 Å². The van der Waals surface area contributed by atoms with Gasteiger partial charge < -0.3 is 10.2 Å². The number of nitrogens with zero attached hydrogens (tertiary/aromatic N) is 2. The fraction of sp³-hybridized carbons (Fsp3) is 0.500. The van der Waals surface area contributed by atoms with Gasteiger partial charge in [0.25, 0.3) is 5.91 Å². The molecule has 7 heteroatoms. The van der Waals surface area contributed by atoms with Crippen LogP contribution in [0.3, 0.4) is 0 Å². The predicted octanol–water partition coefficient (Wildman–Crippen LogP) is 4.33. The minimum absolute atomic E-state index is 0.0115. The first kappa shape index (κ1) is 23.4. The van der Waals surface area contributed by atoms with Gasteiger partial charge >= 0.3 is 0 Å². The van der Waals surface area contributed by atoms with E-state index >= 15 is 0 Å². The molecule has 31 heavy (non-hydrogen) atoms. The van der Waals surface area contributed by atoms with Crippen LogP contribution in [0.5, 0.6) is 0 Å². The molecule has 1 aromatic carbocycles. The van der Waals surface area contributed by atoms with E-state index < -0.39 is 0 Å². The molecule has 3 rings (SSSR count). The van der Waals surface area contributed by atoms with Gasteiger partial charge in [-0.2, -0.15) is 0 Å². The van der Waals surface area contributed by atoms with E-state index in [4.69, 9.17) is 0 Å². The van der Waals surface area contributed by atoms with Gasteiger partial charge in [-0.25, -0.2) is 4.39 Å². The molecular weight excluding hydrogens is 413 g/mol. The van der Waals surface area contributed by atoms with E-state index in [9.17, 15) is 14.0 Å². The van der Waals surface area contributed by atoms with Crippen LogP contribution in [-0.2, 0) is 4.79 Å². The Morgan fingerprint density at radius 3 is 2.48 bits per heavy atom. The predicted molar refractivity (Wildman–Crippen MR) is 123 cm³/mol. The summed E-state index contributed by atoms with van der Waals surface area (Å²) in [6.07, 6.45) is 1.60. The average Bonchev–Trinajstić information content (AvgIpc) is 3.14. The molecule has 0 saturated carbocycles. The minimum Gasteiger partial charge on any atom is -0.348 e. The van der Waals surface area contributed by atoms with Crippen molar-refractivity contribution < 1.29 is 14.0 Å². The zero-order valence-electron chi connectivity index (χ0n) is 18.6. The third-order valence-electron chi connectivity index (χ3n) is 5.40. The molecule has 0 aliphatic carbocycles. The van der Waals surface area contributed by atoms with Crippen LogP contribution < -0.4 is 5.32 Å². The van der Waals surface area contributed by atoms with E-state index in [1.54, 1.807) is 12.1 Å². The van der Waals surface area contributed by atoms with Crippen molar-refractivity contribution in [3.8, 4) is 0 Å². The van der Waals surface area contributed by atoms with Crippen LogP contribution in [0.2, 0.25) is 0 Å². The molecule has 1 saturated heterocycles. The first-order chi connectivity index (χ1) is 14.7. The van der Waals surface area contributed by atoms with E-state index in [0.29, 0.717) is 26.2 Å². The molecule has 1 aliphatic heterocycles. The van der Waals surface area contributed by atoms with Crippen LogP contribution in [-0.4, -0.2) is 54.3 Å². The van der Waals surface area contributed by atoms with E-state index in [2.05, 4.69) is 31.0 Å². The van der Waals surface area contributed by atoms with Gasteiger partial charge in [0.05, 0.1) is 17.5 Å². The SMILES string of the molecule is CC(C)(C)CC(NC(=O)CN1CCCN(C(=O)c2cccs2)CC1)c1ccc(F)cc1. The number of rotatable bonds is 6. The van der Waals surface area contributed by atoms with Gasteiger partial charge in [0.15, 0.2) is 0 Å². The lowest BCUT2D eigenvalue weighted by atomic mass is 9.85. The highest BCUT2D eigenvalue weighted by molar-refractivity contribution is 7.12. The van der Waals surface area contributed by atoms with Crippen molar-refractivity contribution in [3.63, 3.8) is 0 Å². The summed E-state index contributed by atoms with van der Waals surface area (Å²) in [5.74, 6) is -0.254. The van der Waals surface area contributed by atoms with Gasteiger partial charge in [-0.05, 0) is 47.4 Å². The molecule has 5 nitrogen and oxygen atoms in total. The summed E-state index contributed by atoms with van der Waals surface area (Å²) < 4.78 is 13.4. The average molecular weight is 446 g/mol. The number of halogens is 1. The molecule has 1 atom stereocenters. The highest BCUT2D eigenvalue weighted by atomic mass is 32.1. The maximum atomic E-state index is 13.4. The van der Waals surface area contributed by atoms with Gasteiger partial charge in [-0.3, -0.25) is 14.5 Å². The van der Waals surface area contributed by atoms with Gasteiger partial charge in [-0.1, -0.05) is 39.0 Å². The fourth-order valence-electron chi connectivity index (χ4n) is 3.89. The second-order valence-corrected chi connectivity index (χ2v) is 10.3. The second kappa shape index (κ2) is 10.4. The Morgan fingerprint density at radius 1 is 1.10 bits per heavy atom. The number of hydrogen-bond donors (Lipinski definition) is 1. The van der Waals surface area contributed by atoms with Crippen molar-refractivity contribution >= 4 is 23.2 Å². The molecule has 1 unspecified atom stereocenters. The van der Waals surface area contributed by atoms with Crippen LogP contribution in [0, 0.1) is 11.2 Å². The Morgan fingerprint density at radius 2 is 1.84 bits per heavy atom. The molecule has 2 heterocycles. The molecule has 0 radical (unpaired) electrons. The number of benzene rings is 1. The number of hydrogen-bond acceptors (Lipinski definition) is 4. The van der Waals surface area contributed by atoms with Crippen LogP contribution >= 0.6 is 11.3 Å². The quantitative estimate of drug-likeness (QED) is 0.720. The van der Waals surface area contributed by atoms with Crippen molar-refractivity contribution in [2.24, 2.45) is 5.41 Å². The van der Waals surface area contributed by atoms with E-state index in [0.717, 1.165) is 29.8 Å². The molecule has 1 fully saturated rings. The zero-order valence-corrected chi connectivity index (χ0v) is 19.4. The third-order valence-corrected chi connectivity index (χ3v) is 6.26. The summed E-state index contributed by atoms with van der Waals surface area (Å²) in [5.41, 5.74) is 0.922. The maximum absolute atomic E-state index is 13.4. The second-order valence-electron chi connectivity index (χ2n) is 9.34. The Bertz CT molecular complexity index is 862. The first-order valence-electron chi connectivity index (χ1n) is 10.8. The fourth-order valence-corrected chi connectivity index (χ4v) is 4.58. The summed E-state index contributed by atoms with van der Waals surface area (Å²) in [4.78, 5) is 30.2. The largest absolute Gasteiger partial charge is 0.348 e. The summed E-state index contributed by atoms with van der Waals surface area (Å²) >= 11 is 1.46. The van der Waals surface area contributed by atoms with E-state index in [1.165, 1.54) is 23.5 Å². The normalized spacial score (nSPS) is 16.6. The molecule has 2 amide bonds. The number of carbonyl (C=O) groups excluding carboxylic acids is 2. The summed E-state index contributed by atoms with van der Waals surface area (Å²) in [6.45, 7) is 9.46. The smallest absolute Gasteiger partial charge is 0.263 e. The van der Waals surface area contributed by atoms with Gasteiger partial charge in [-0.15, -0.1) is 11.3 Å². The number of nitrogens with one attached hydrogen (secondary N) is 1. The molecule has 0 spiro atoms. The maximum Gasteiger partial charge on any atom is 0.263 e. The van der Waals surface area contributed by atoms with Gasteiger partial charge in [0.1, 0.15) is 5.82 Å². The monoisotopic (exact) mass is 445 g/mol. The molecule has 1 N–H and O–H groups in total. The summed E-state index contributed by atoms with van der Waals surface area (Å²) in [5, 5.41) is 5.06. The van der Waals surface area contributed by atoms with Crippen molar-refractivity contribution in [1.82, 2.24) is 15.1 Å². The highest BCUT2D eigenvalue weighted by Crippen LogP contribution is 2.29. The summed E-state index contributed by atoms with van der Waals surface area (Å²) in [6, 6.07) is 9.93. The highest BCUT2D eigenvalue weighted by Gasteiger charge is 2.25. The Hall–Kier alpha value is -2.25. The third kappa shape index (κ3) is 7.14. The topological polar surface area (TPSA) is 52.7 Å². The van der Waals surface area contributed by atoms with E-state index in [1.807, 2.05) is 22.4 Å². The zero-order chi connectivity index (χ0) is 22.4.